The van der Waals surface area contributed by atoms with Crippen molar-refractivity contribution in [2.75, 3.05) is 19.6 Å². The van der Waals surface area contributed by atoms with Gasteiger partial charge in [0, 0.05) is 44.9 Å². The van der Waals surface area contributed by atoms with E-state index in [9.17, 15) is 36.6 Å². The largest absolute Gasteiger partial charge is 0.416 e. The van der Waals surface area contributed by atoms with Gasteiger partial charge < -0.3 is 20.6 Å². The summed E-state index contributed by atoms with van der Waals surface area (Å²) in [6, 6.07) is 7.83. The zero-order valence-corrected chi connectivity index (χ0v) is 24.9. The van der Waals surface area contributed by atoms with E-state index in [2.05, 4.69) is 15.7 Å². The Morgan fingerprint density at radius 2 is 1.64 bits per heavy atom. The number of aliphatic hydroxyl groups excluding tert-OH is 1. The topological polar surface area (TPSA) is 99.5 Å². The van der Waals surface area contributed by atoms with E-state index in [0.717, 1.165) is 37.1 Å². The summed E-state index contributed by atoms with van der Waals surface area (Å²) in [5.74, 6) is -2.66. The number of carbonyl (C=O) groups excluding carboxylic acids is 2. The Balaban J connectivity index is 1.80. The zero-order valence-electron chi connectivity index (χ0n) is 24.9. The monoisotopic (exact) mass is 623 g/mol. The molecule has 0 aliphatic carbocycles. The second-order valence-electron chi connectivity index (χ2n) is 10.5. The Kier molecular flexibility index (Phi) is 12.4. The van der Waals surface area contributed by atoms with Gasteiger partial charge in [-0.25, -0.2) is 8.78 Å². The zero-order chi connectivity index (χ0) is 32.4. The van der Waals surface area contributed by atoms with Gasteiger partial charge in [0.15, 0.2) is 5.69 Å². The molecule has 0 saturated heterocycles. The van der Waals surface area contributed by atoms with Crippen molar-refractivity contribution in [2.24, 2.45) is 0 Å². The van der Waals surface area contributed by atoms with Gasteiger partial charge in [-0.05, 0) is 55.5 Å². The molecule has 3 rings (SSSR count). The molecular formula is C31H38F5N5O3. The lowest BCUT2D eigenvalue weighted by atomic mass is 10.00. The molecule has 13 heteroatoms. The van der Waals surface area contributed by atoms with Crippen LogP contribution in [0.4, 0.5) is 22.0 Å². The Hall–Kier alpha value is -3.84. The maximum atomic E-state index is 13.9. The van der Waals surface area contributed by atoms with Gasteiger partial charge >= 0.3 is 6.18 Å². The molecule has 0 aliphatic rings. The first-order valence-electron chi connectivity index (χ1n) is 14.5. The minimum absolute atomic E-state index is 0.0192. The molecule has 2 amide bonds. The van der Waals surface area contributed by atoms with Crippen molar-refractivity contribution in [3.8, 4) is 0 Å². The molecule has 0 aliphatic heterocycles. The summed E-state index contributed by atoms with van der Waals surface area (Å²) in [5.41, 5.74) is -0.182. The number of benzene rings is 2. The summed E-state index contributed by atoms with van der Waals surface area (Å²) in [5, 5.41) is 20.8. The van der Waals surface area contributed by atoms with E-state index in [4.69, 9.17) is 0 Å². The van der Waals surface area contributed by atoms with E-state index < -0.39 is 41.4 Å². The standard InChI is InChI=1S/C31H38F5N5O3/c1-4-10-40(11-5-2)30(44)27-17-26(39-41(27)6-3)29(43)38-25(15-21-13-23(32)16-24(33)14-21)28(42)19-37-18-20-8-7-9-22(12-20)31(34,35)36/h7-9,12-14,16-17,25,28,37,42H,4-6,10-11,15,18-19H2,1-3H3,(H,38,43)/t25-,28+/m0/s1. The van der Waals surface area contributed by atoms with Crippen LogP contribution in [0.25, 0.3) is 0 Å². The number of hydrogen-bond acceptors (Lipinski definition) is 5. The van der Waals surface area contributed by atoms with Crippen LogP contribution in [0.15, 0.2) is 48.5 Å². The highest BCUT2D eigenvalue weighted by molar-refractivity contribution is 5.98. The Morgan fingerprint density at radius 3 is 2.23 bits per heavy atom. The number of nitrogens with zero attached hydrogens (tertiary/aromatic N) is 3. The first-order chi connectivity index (χ1) is 20.9. The highest BCUT2D eigenvalue weighted by Gasteiger charge is 2.30. The maximum absolute atomic E-state index is 13.9. The van der Waals surface area contributed by atoms with Crippen LogP contribution in [0.5, 0.6) is 0 Å². The number of carbonyl (C=O) groups is 2. The number of aryl methyl sites for hydroxylation is 1. The predicted molar refractivity (Wildman–Crippen MR) is 155 cm³/mol. The van der Waals surface area contributed by atoms with Crippen LogP contribution in [0.3, 0.4) is 0 Å². The van der Waals surface area contributed by atoms with Crippen molar-refractivity contribution >= 4 is 11.8 Å². The van der Waals surface area contributed by atoms with Gasteiger partial charge in [-0.1, -0.05) is 32.0 Å². The van der Waals surface area contributed by atoms with Gasteiger partial charge in [0.05, 0.1) is 17.7 Å². The molecule has 44 heavy (non-hydrogen) atoms. The number of rotatable bonds is 15. The van der Waals surface area contributed by atoms with Crippen molar-refractivity contribution in [1.29, 1.82) is 0 Å². The summed E-state index contributed by atoms with van der Waals surface area (Å²) in [6.07, 6.45) is -4.50. The SMILES string of the molecule is CCCN(CCC)C(=O)c1cc(C(=O)N[C@@H](Cc2cc(F)cc(F)c2)[C@H](O)CNCc2cccc(C(F)(F)F)c2)nn1CC. The molecule has 0 bridgehead atoms. The number of amides is 2. The van der Waals surface area contributed by atoms with Gasteiger partial charge in [0.25, 0.3) is 11.8 Å². The van der Waals surface area contributed by atoms with Crippen molar-refractivity contribution in [3.05, 3.63) is 88.2 Å². The molecule has 0 fully saturated rings. The van der Waals surface area contributed by atoms with Crippen LogP contribution >= 0.6 is 0 Å². The van der Waals surface area contributed by atoms with Gasteiger partial charge in [0.1, 0.15) is 17.3 Å². The molecule has 3 aromatic rings. The molecule has 0 saturated carbocycles. The number of hydrogen-bond donors (Lipinski definition) is 3. The van der Waals surface area contributed by atoms with Crippen LogP contribution in [-0.2, 0) is 25.7 Å². The van der Waals surface area contributed by atoms with Crippen molar-refractivity contribution in [2.45, 2.75) is 71.4 Å². The second kappa shape index (κ2) is 15.8. The third-order valence-electron chi connectivity index (χ3n) is 6.90. The fourth-order valence-electron chi connectivity index (χ4n) is 4.83. The van der Waals surface area contributed by atoms with Gasteiger partial charge in [-0.3, -0.25) is 14.3 Å². The van der Waals surface area contributed by atoms with Crippen LogP contribution in [0.2, 0.25) is 0 Å². The van der Waals surface area contributed by atoms with E-state index in [1.807, 2.05) is 13.8 Å². The van der Waals surface area contributed by atoms with E-state index in [-0.39, 0.29) is 42.4 Å². The molecule has 1 heterocycles. The van der Waals surface area contributed by atoms with Crippen LogP contribution in [0, 0.1) is 11.6 Å². The number of aromatic nitrogens is 2. The first-order valence-corrected chi connectivity index (χ1v) is 14.5. The van der Waals surface area contributed by atoms with E-state index in [1.54, 1.807) is 11.8 Å². The molecule has 0 spiro atoms. The van der Waals surface area contributed by atoms with Gasteiger partial charge in [-0.2, -0.15) is 18.3 Å². The first kappa shape index (κ1) is 34.6. The lowest BCUT2D eigenvalue weighted by Gasteiger charge is -2.24. The highest BCUT2D eigenvalue weighted by atomic mass is 19.4. The quantitative estimate of drug-likeness (QED) is 0.208. The molecule has 2 aromatic carbocycles. The Morgan fingerprint density at radius 1 is 0.977 bits per heavy atom. The molecule has 1 aromatic heterocycles. The number of alkyl halides is 3. The average molecular weight is 624 g/mol. The molecule has 0 radical (unpaired) electrons. The lowest BCUT2D eigenvalue weighted by Crippen LogP contribution is -2.48. The van der Waals surface area contributed by atoms with Crippen LogP contribution in [0.1, 0.15) is 71.3 Å². The number of aliphatic hydroxyl groups is 1. The molecular weight excluding hydrogens is 585 g/mol. The smallest absolute Gasteiger partial charge is 0.390 e. The third kappa shape index (κ3) is 9.58. The minimum atomic E-state index is -4.51. The number of nitrogens with one attached hydrogen (secondary N) is 2. The summed E-state index contributed by atoms with van der Waals surface area (Å²) in [6.45, 7) is 6.88. The van der Waals surface area contributed by atoms with Crippen LogP contribution in [-0.4, -0.2) is 63.4 Å². The fraction of sp³-hybridized carbons (Fsp3) is 0.452. The van der Waals surface area contributed by atoms with Crippen LogP contribution < -0.4 is 10.6 Å². The fourth-order valence-corrected chi connectivity index (χ4v) is 4.83. The Labute approximate surface area is 253 Å². The minimum Gasteiger partial charge on any atom is -0.390 e. The second-order valence-corrected chi connectivity index (χ2v) is 10.5. The number of halogens is 5. The average Bonchev–Trinajstić information content (AvgIpc) is 3.40. The van der Waals surface area contributed by atoms with Crippen molar-refractivity contribution in [1.82, 2.24) is 25.3 Å². The Bertz CT molecular complexity index is 1390. The molecule has 8 nitrogen and oxygen atoms in total. The van der Waals surface area contributed by atoms with E-state index >= 15 is 0 Å². The predicted octanol–water partition coefficient (Wildman–Crippen LogP) is 4.95. The summed E-state index contributed by atoms with van der Waals surface area (Å²) >= 11 is 0. The normalized spacial score (nSPS) is 13.0. The molecule has 3 N–H and O–H groups in total. The molecule has 240 valence electrons. The van der Waals surface area contributed by atoms with E-state index in [0.29, 0.717) is 31.3 Å². The van der Waals surface area contributed by atoms with Gasteiger partial charge in [0.2, 0.25) is 0 Å². The maximum Gasteiger partial charge on any atom is 0.416 e. The molecule has 0 unspecified atom stereocenters. The summed E-state index contributed by atoms with van der Waals surface area (Å²) < 4.78 is 68.5. The van der Waals surface area contributed by atoms with E-state index in [1.165, 1.54) is 22.9 Å². The summed E-state index contributed by atoms with van der Waals surface area (Å²) in [4.78, 5) is 28.3. The summed E-state index contributed by atoms with van der Waals surface area (Å²) in [7, 11) is 0. The highest BCUT2D eigenvalue weighted by Crippen LogP contribution is 2.29. The van der Waals surface area contributed by atoms with Gasteiger partial charge in [-0.15, -0.1) is 0 Å². The lowest BCUT2D eigenvalue weighted by molar-refractivity contribution is -0.137. The third-order valence-corrected chi connectivity index (χ3v) is 6.90. The van der Waals surface area contributed by atoms with Crippen molar-refractivity contribution in [3.63, 3.8) is 0 Å². The molecule has 2 atom stereocenters. The van der Waals surface area contributed by atoms with Crippen molar-refractivity contribution < 1.29 is 36.6 Å².